The molecule has 1 amide bonds. The van der Waals surface area contributed by atoms with Gasteiger partial charge in [0.25, 0.3) is 0 Å². The Hall–Kier alpha value is -3.95. The molecule has 0 spiro atoms. The molecule has 1 aliphatic heterocycles. The summed E-state index contributed by atoms with van der Waals surface area (Å²) in [6, 6.07) is 20.7. The van der Waals surface area contributed by atoms with Crippen LogP contribution in [0, 0.1) is 5.82 Å². The van der Waals surface area contributed by atoms with Crippen LogP contribution in [0.5, 0.6) is 11.5 Å². The first-order valence-corrected chi connectivity index (χ1v) is 12.7. The minimum atomic E-state index is -1.12. The Morgan fingerprint density at radius 1 is 1.03 bits per heavy atom. The zero-order chi connectivity index (χ0) is 27.8. The van der Waals surface area contributed by atoms with Crippen molar-refractivity contribution >= 4 is 11.9 Å². The van der Waals surface area contributed by atoms with Crippen molar-refractivity contribution in [3.63, 3.8) is 0 Å². The molecule has 3 aromatic rings. The van der Waals surface area contributed by atoms with E-state index in [1.54, 1.807) is 30.3 Å². The molecule has 3 aromatic carbocycles. The van der Waals surface area contributed by atoms with Gasteiger partial charge in [-0.1, -0.05) is 42.5 Å². The molecule has 1 heterocycles. The fourth-order valence-electron chi connectivity index (χ4n) is 4.74. The van der Waals surface area contributed by atoms with Gasteiger partial charge >= 0.3 is 5.97 Å². The summed E-state index contributed by atoms with van der Waals surface area (Å²) in [6.45, 7) is 1.39. The Labute approximate surface area is 226 Å². The third kappa shape index (κ3) is 7.78. The van der Waals surface area contributed by atoms with E-state index in [1.165, 1.54) is 12.1 Å². The Morgan fingerprint density at radius 3 is 2.44 bits per heavy atom. The van der Waals surface area contributed by atoms with E-state index in [1.807, 2.05) is 37.3 Å². The van der Waals surface area contributed by atoms with E-state index < -0.39 is 30.3 Å². The highest BCUT2D eigenvalue weighted by molar-refractivity contribution is 5.76. The van der Waals surface area contributed by atoms with E-state index in [4.69, 9.17) is 14.2 Å². The maximum atomic E-state index is 13.6. The Morgan fingerprint density at radius 2 is 1.74 bits per heavy atom. The maximum Gasteiger partial charge on any atom is 0.341 e. The van der Waals surface area contributed by atoms with Crippen LogP contribution in [0.15, 0.2) is 72.8 Å². The van der Waals surface area contributed by atoms with Crippen LogP contribution in [-0.4, -0.2) is 40.8 Å². The lowest BCUT2D eigenvalue weighted by Gasteiger charge is -2.43. The topological polar surface area (TPSA) is 114 Å². The molecule has 39 heavy (non-hydrogen) atoms. The Balaban J connectivity index is 1.67. The number of hydrogen-bond donors (Lipinski definition) is 3. The van der Waals surface area contributed by atoms with E-state index in [2.05, 4.69) is 5.32 Å². The van der Waals surface area contributed by atoms with Crippen molar-refractivity contribution in [1.29, 1.82) is 0 Å². The lowest BCUT2D eigenvalue weighted by Crippen LogP contribution is -2.51. The van der Waals surface area contributed by atoms with Crippen LogP contribution in [-0.2, 0) is 20.9 Å². The average Bonchev–Trinajstić information content (AvgIpc) is 2.91. The van der Waals surface area contributed by atoms with Crippen LogP contribution < -0.4 is 14.8 Å². The van der Waals surface area contributed by atoms with Crippen molar-refractivity contribution in [3.8, 4) is 11.5 Å². The van der Waals surface area contributed by atoms with Gasteiger partial charge in [-0.2, -0.15) is 0 Å². The monoisotopic (exact) mass is 537 g/mol. The molecule has 0 aromatic heterocycles. The lowest BCUT2D eigenvalue weighted by molar-refractivity contribution is -0.139. The van der Waals surface area contributed by atoms with Gasteiger partial charge < -0.3 is 29.7 Å². The van der Waals surface area contributed by atoms with Gasteiger partial charge in [0.15, 0.2) is 6.61 Å². The molecule has 1 aliphatic rings. The van der Waals surface area contributed by atoms with E-state index in [9.17, 15) is 24.2 Å². The molecular weight excluding hydrogens is 505 g/mol. The number of ether oxygens (including phenoxy) is 3. The summed E-state index contributed by atoms with van der Waals surface area (Å²) in [5, 5.41) is 21.5. The fraction of sp³-hybridized carbons (Fsp3) is 0.333. The normalized spacial score (nSPS) is 20.7. The first kappa shape index (κ1) is 28.1. The molecule has 1 saturated heterocycles. The second kappa shape index (κ2) is 12.7. The highest BCUT2D eigenvalue weighted by Gasteiger charge is 2.41. The fourth-order valence-corrected chi connectivity index (χ4v) is 4.74. The molecule has 3 N–H and O–H groups in total. The van der Waals surface area contributed by atoms with Gasteiger partial charge in [0.05, 0.1) is 18.8 Å². The number of carbonyl (C=O) groups is 2. The number of aliphatic hydroxyl groups excluding tert-OH is 1. The van der Waals surface area contributed by atoms with Crippen LogP contribution in [0.3, 0.4) is 0 Å². The third-order valence-electron chi connectivity index (χ3n) is 6.55. The van der Waals surface area contributed by atoms with Crippen LogP contribution in [0.4, 0.5) is 4.39 Å². The second-order valence-corrected chi connectivity index (χ2v) is 9.81. The number of aliphatic hydroxyl groups is 1. The average molecular weight is 538 g/mol. The smallest absolute Gasteiger partial charge is 0.341 e. The van der Waals surface area contributed by atoms with E-state index in [-0.39, 0.29) is 24.8 Å². The van der Waals surface area contributed by atoms with Gasteiger partial charge in [-0.25, -0.2) is 9.18 Å². The standard InChI is InChI=1S/C30H32FNO7/c1-30(32-28(34)13-14-33)16-26(21-7-9-22(31)10-8-21)39-27(17-30)24-15-23(11-12-25(24)38-19-29(35)36)37-18-20-5-3-2-4-6-20/h2-12,15,26-27,33H,13-14,16-19H2,1H3,(H,32,34)(H,35,36)/t26-,27+,30-/m0/s1. The SMILES string of the molecule is C[C@]1(NC(=O)CCO)C[C@@H](c2ccc(F)cc2)O[C@@H](c2cc(OCc3ccccc3)ccc2OCC(=O)O)C1. The number of carboxylic acids is 1. The van der Waals surface area contributed by atoms with Crippen molar-refractivity contribution in [2.75, 3.05) is 13.2 Å². The molecule has 8 nitrogen and oxygen atoms in total. The summed E-state index contributed by atoms with van der Waals surface area (Å²) in [6.07, 6.45) is -0.435. The summed E-state index contributed by atoms with van der Waals surface area (Å²) in [4.78, 5) is 23.8. The minimum Gasteiger partial charge on any atom is -0.489 e. The predicted octanol–water partition coefficient (Wildman–Crippen LogP) is 4.72. The maximum absolute atomic E-state index is 13.6. The molecule has 3 atom stereocenters. The molecule has 0 radical (unpaired) electrons. The molecule has 0 bridgehead atoms. The zero-order valence-corrected chi connectivity index (χ0v) is 21.6. The quantitative estimate of drug-likeness (QED) is 0.324. The molecule has 4 rings (SSSR count). The largest absolute Gasteiger partial charge is 0.489 e. The van der Waals surface area contributed by atoms with Gasteiger partial charge in [-0.3, -0.25) is 4.79 Å². The van der Waals surface area contributed by atoms with Crippen molar-refractivity contribution in [1.82, 2.24) is 5.32 Å². The van der Waals surface area contributed by atoms with E-state index >= 15 is 0 Å². The van der Waals surface area contributed by atoms with Crippen LogP contribution in [0.1, 0.15) is 55.1 Å². The Kier molecular flexibility index (Phi) is 9.16. The number of benzene rings is 3. The van der Waals surface area contributed by atoms with Crippen LogP contribution >= 0.6 is 0 Å². The molecular formula is C30H32FNO7. The van der Waals surface area contributed by atoms with Gasteiger partial charge in [-0.15, -0.1) is 0 Å². The second-order valence-electron chi connectivity index (χ2n) is 9.81. The number of aliphatic carboxylic acids is 1. The number of carboxylic acid groups (broad SMARTS) is 1. The molecule has 0 saturated carbocycles. The number of halogens is 1. The predicted molar refractivity (Wildman–Crippen MR) is 141 cm³/mol. The third-order valence-corrected chi connectivity index (χ3v) is 6.55. The number of amides is 1. The number of carbonyl (C=O) groups excluding carboxylic acids is 1. The summed E-state index contributed by atoms with van der Waals surface area (Å²) in [5.41, 5.74) is 1.53. The molecule has 9 heteroatoms. The lowest BCUT2D eigenvalue weighted by atomic mass is 9.81. The molecule has 0 unspecified atom stereocenters. The highest BCUT2D eigenvalue weighted by Crippen LogP contribution is 2.46. The first-order valence-electron chi connectivity index (χ1n) is 12.7. The van der Waals surface area contributed by atoms with E-state index in [0.717, 1.165) is 11.1 Å². The summed E-state index contributed by atoms with van der Waals surface area (Å²) in [7, 11) is 0. The zero-order valence-electron chi connectivity index (χ0n) is 21.6. The number of rotatable bonds is 11. The summed E-state index contributed by atoms with van der Waals surface area (Å²) < 4.78 is 31.8. The highest BCUT2D eigenvalue weighted by atomic mass is 19.1. The van der Waals surface area contributed by atoms with Crippen molar-refractivity contribution in [3.05, 3.63) is 95.3 Å². The van der Waals surface area contributed by atoms with Gasteiger partial charge in [0.1, 0.15) is 23.9 Å². The molecule has 206 valence electrons. The summed E-state index contributed by atoms with van der Waals surface area (Å²) in [5.74, 6) is -0.952. The van der Waals surface area contributed by atoms with E-state index in [0.29, 0.717) is 36.5 Å². The summed E-state index contributed by atoms with van der Waals surface area (Å²) >= 11 is 0. The van der Waals surface area contributed by atoms with Gasteiger partial charge in [0.2, 0.25) is 5.91 Å². The Bertz CT molecular complexity index is 1270. The van der Waals surface area contributed by atoms with Crippen LogP contribution in [0.25, 0.3) is 0 Å². The van der Waals surface area contributed by atoms with Crippen LogP contribution in [0.2, 0.25) is 0 Å². The van der Waals surface area contributed by atoms with Gasteiger partial charge in [-0.05, 0) is 48.4 Å². The minimum absolute atomic E-state index is 0.0435. The number of hydrogen-bond acceptors (Lipinski definition) is 6. The first-order chi connectivity index (χ1) is 18.7. The number of nitrogens with one attached hydrogen (secondary N) is 1. The van der Waals surface area contributed by atoms with Crippen molar-refractivity contribution < 1.29 is 38.4 Å². The van der Waals surface area contributed by atoms with Gasteiger partial charge in [0, 0.05) is 30.4 Å². The van der Waals surface area contributed by atoms with Crippen molar-refractivity contribution in [2.45, 2.75) is 50.5 Å². The molecule has 1 fully saturated rings. The molecule has 0 aliphatic carbocycles. The van der Waals surface area contributed by atoms with Crippen molar-refractivity contribution in [2.24, 2.45) is 0 Å².